The van der Waals surface area contributed by atoms with Crippen molar-refractivity contribution >= 4 is 0 Å². The van der Waals surface area contributed by atoms with Crippen molar-refractivity contribution in [2.45, 2.75) is 47.5 Å². The molecule has 0 spiro atoms. The summed E-state index contributed by atoms with van der Waals surface area (Å²) in [6, 6.07) is 0. The van der Waals surface area contributed by atoms with Crippen molar-refractivity contribution in [2.24, 2.45) is 17.3 Å². The Labute approximate surface area is 108 Å². The molecule has 1 N–H and O–H groups in total. The topological polar surface area (TPSA) is 15.3 Å². The molecule has 0 aliphatic carbocycles. The van der Waals surface area contributed by atoms with Crippen LogP contribution in [0.15, 0.2) is 0 Å². The van der Waals surface area contributed by atoms with Crippen molar-refractivity contribution in [1.29, 1.82) is 0 Å². The van der Waals surface area contributed by atoms with Gasteiger partial charge in [0.1, 0.15) is 0 Å². The van der Waals surface area contributed by atoms with Crippen LogP contribution in [0.25, 0.3) is 0 Å². The lowest BCUT2D eigenvalue weighted by Crippen LogP contribution is -2.36. The van der Waals surface area contributed by atoms with E-state index >= 15 is 0 Å². The van der Waals surface area contributed by atoms with Crippen molar-refractivity contribution in [3.05, 3.63) is 0 Å². The van der Waals surface area contributed by atoms with Crippen LogP contribution in [0.5, 0.6) is 0 Å². The molecule has 0 bridgehead atoms. The highest BCUT2D eigenvalue weighted by atomic mass is 15.2. The van der Waals surface area contributed by atoms with E-state index in [4.69, 9.17) is 0 Å². The molecule has 1 aliphatic rings. The Bertz CT molecular complexity index is 211. The van der Waals surface area contributed by atoms with Gasteiger partial charge in [0.15, 0.2) is 0 Å². The molecule has 17 heavy (non-hydrogen) atoms. The molecular weight excluding hydrogens is 208 g/mol. The maximum absolute atomic E-state index is 3.56. The summed E-state index contributed by atoms with van der Waals surface area (Å²) >= 11 is 0. The normalized spacial score (nSPS) is 22.6. The number of hydrogen-bond donors (Lipinski definition) is 1. The number of likely N-dealkylation sites (tertiary alicyclic amines) is 1. The molecule has 0 aromatic carbocycles. The Morgan fingerprint density at radius 1 is 1.35 bits per heavy atom. The van der Waals surface area contributed by atoms with Crippen LogP contribution >= 0.6 is 0 Å². The van der Waals surface area contributed by atoms with Crippen LogP contribution in [0.3, 0.4) is 0 Å². The summed E-state index contributed by atoms with van der Waals surface area (Å²) in [5.74, 6) is 1.64. The molecule has 1 saturated heterocycles. The second-order valence-electron chi connectivity index (χ2n) is 6.74. The quantitative estimate of drug-likeness (QED) is 0.688. The van der Waals surface area contributed by atoms with Crippen LogP contribution in [-0.2, 0) is 0 Å². The molecule has 1 aliphatic heterocycles. The largest absolute Gasteiger partial charge is 0.316 e. The Morgan fingerprint density at radius 3 is 2.65 bits per heavy atom. The van der Waals surface area contributed by atoms with Gasteiger partial charge in [0.25, 0.3) is 0 Å². The zero-order valence-electron chi connectivity index (χ0n) is 12.6. The van der Waals surface area contributed by atoms with Crippen molar-refractivity contribution in [3.63, 3.8) is 0 Å². The molecule has 0 aromatic heterocycles. The van der Waals surface area contributed by atoms with Crippen molar-refractivity contribution < 1.29 is 0 Å². The van der Waals surface area contributed by atoms with Gasteiger partial charge in [-0.15, -0.1) is 0 Å². The monoisotopic (exact) mass is 240 g/mol. The van der Waals surface area contributed by atoms with E-state index in [0.29, 0.717) is 5.41 Å². The summed E-state index contributed by atoms with van der Waals surface area (Å²) in [6.45, 7) is 18.0. The van der Waals surface area contributed by atoms with E-state index in [1.165, 1.54) is 45.6 Å². The van der Waals surface area contributed by atoms with Crippen molar-refractivity contribution in [2.75, 3.05) is 32.7 Å². The fourth-order valence-corrected chi connectivity index (χ4v) is 2.46. The molecule has 0 amide bonds. The van der Waals surface area contributed by atoms with E-state index in [9.17, 15) is 0 Å². The van der Waals surface area contributed by atoms with Gasteiger partial charge < -0.3 is 10.2 Å². The highest BCUT2D eigenvalue weighted by molar-refractivity contribution is 4.83. The van der Waals surface area contributed by atoms with Gasteiger partial charge in [-0.1, -0.05) is 34.6 Å². The van der Waals surface area contributed by atoms with Crippen molar-refractivity contribution in [3.8, 4) is 0 Å². The van der Waals surface area contributed by atoms with Gasteiger partial charge in [-0.25, -0.2) is 0 Å². The van der Waals surface area contributed by atoms with Crippen molar-refractivity contribution in [1.82, 2.24) is 10.2 Å². The van der Waals surface area contributed by atoms with Gasteiger partial charge in [0.2, 0.25) is 0 Å². The molecule has 1 heterocycles. The molecule has 102 valence electrons. The van der Waals surface area contributed by atoms with Gasteiger partial charge in [-0.2, -0.15) is 0 Å². The molecule has 2 nitrogen and oxygen atoms in total. The highest BCUT2D eigenvalue weighted by Crippen LogP contribution is 2.29. The molecule has 0 aromatic rings. The second-order valence-corrected chi connectivity index (χ2v) is 6.74. The lowest BCUT2D eigenvalue weighted by atomic mass is 9.81. The SMILES string of the molecule is CCCNCC1CCN(CC(C)(C)C(C)C)C1. The summed E-state index contributed by atoms with van der Waals surface area (Å²) < 4.78 is 0. The van der Waals surface area contributed by atoms with Crippen LogP contribution in [0.2, 0.25) is 0 Å². The summed E-state index contributed by atoms with van der Waals surface area (Å²) in [5.41, 5.74) is 0.450. The van der Waals surface area contributed by atoms with Gasteiger partial charge in [-0.3, -0.25) is 0 Å². The average molecular weight is 240 g/mol. The third-order valence-corrected chi connectivity index (χ3v) is 4.42. The van der Waals surface area contributed by atoms with E-state index in [1.807, 2.05) is 0 Å². The Morgan fingerprint density at radius 2 is 2.06 bits per heavy atom. The first-order chi connectivity index (χ1) is 7.95. The number of hydrogen-bond acceptors (Lipinski definition) is 2. The molecule has 1 rings (SSSR count). The first kappa shape index (κ1) is 15.0. The van der Waals surface area contributed by atoms with E-state index in [1.54, 1.807) is 0 Å². The van der Waals surface area contributed by atoms with E-state index < -0.39 is 0 Å². The molecule has 1 unspecified atom stereocenters. The van der Waals surface area contributed by atoms with Crippen LogP contribution < -0.4 is 5.32 Å². The molecule has 1 atom stereocenters. The van der Waals surface area contributed by atoms with E-state index in [-0.39, 0.29) is 0 Å². The van der Waals surface area contributed by atoms with E-state index in [0.717, 1.165) is 11.8 Å². The summed E-state index contributed by atoms with van der Waals surface area (Å²) in [7, 11) is 0. The van der Waals surface area contributed by atoms with Gasteiger partial charge in [-0.05, 0) is 49.7 Å². The molecule has 1 fully saturated rings. The maximum atomic E-state index is 3.56. The smallest absolute Gasteiger partial charge is 0.00353 e. The standard InChI is InChI=1S/C15H32N2/c1-6-8-16-10-14-7-9-17(11-14)12-15(4,5)13(2)3/h13-14,16H,6-12H2,1-5H3. The fraction of sp³-hybridized carbons (Fsp3) is 1.00. The van der Waals surface area contributed by atoms with Crippen LogP contribution in [0, 0.1) is 17.3 Å². The minimum atomic E-state index is 0.450. The lowest BCUT2D eigenvalue weighted by Gasteiger charge is -2.33. The minimum Gasteiger partial charge on any atom is -0.316 e. The second kappa shape index (κ2) is 6.75. The zero-order chi connectivity index (χ0) is 12.9. The number of nitrogens with zero attached hydrogens (tertiary/aromatic N) is 1. The first-order valence-corrected chi connectivity index (χ1v) is 7.38. The third-order valence-electron chi connectivity index (χ3n) is 4.42. The Hall–Kier alpha value is -0.0800. The summed E-state index contributed by atoms with van der Waals surface area (Å²) in [5, 5.41) is 3.56. The van der Waals surface area contributed by atoms with Crippen LogP contribution in [-0.4, -0.2) is 37.6 Å². The summed E-state index contributed by atoms with van der Waals surface area (Å²) in [4.78, 5) is 2.66. The average Bonchev–Trinajstić information content (AvgIpc) is 2.65. The van der Waals surface area contributed by atoms with Crippen LogP contribution in [0.1, 0.15) is 47.5 Å². The first-order valence-electron chi connectivity index (χ1n) is 7.38. The zero-order valence-corrected chi connectivity index (χ0v) is 12.6. The molecular formula is C15H32N2. The van der Waals surface area contributed by atoms with Gasteiger partial charge in [0.05, 0.1) is 0 Å². The van der Waals surface area contributed by atoms with Gasteiger partial charge in [0, 0.05) is 13.1 Å². The van der Waals surface area contributed by atoms with E-state index in [2.05, 4.69) is 44.8 Å². The fourth-order valence-electron chi connectivity index (χ4n) is 2.46. The minimum absolute atomic E-state index is 0.450. The lowest BCUT2D eigenvalue weighted by molar-refractivity contribution is 0.151. The third kappa shape index (κ3) is 4.97. The molecule has 2 heteroatoms. The Balaban J connectivity index is 2.26. The highest BCUT2D eigenvalue weighted by Gasteiger charge is 2.29. The predicted molar refractivity (Wildman–Crippen MR) is 76.3 cm³/mol. The van der Waals surface area contributed by atoms with Crippen LogP contribution in [0.4, 0.5) is 0 Å². The molecule has 0 radical (unpaired) electrons. The number of rotatable bonds is 7. The predicted octanol–water partition coefficient (Wildman–Crippen LogP) is 2.99. The maximum Gasteiger partial charge on any atom is 0.00353 e. The Kier molecular flexibility index (Phi) is 5.94. The molecule has 0 saturated carbocycles. The van der Waals surface area contributed by atoms with Gasteiger partial charge >= 0.3 is 0 Å². The number of nitrogens with one attached hydrogen (secondary N) is 1. The summed E-state index contributed by atoms with van der Waals surface area (Å²) in [6.07, 6.45) is 2.63.